The standard InChI is InChI=1S/C8H18S2/c1-8(2)4-7-10-6-3-5-9/h8-9H,3-7H2,1-2H3. The SMILES string of the molecule is CC(C)CCSCCCS. The second-order valence-corrected chi connectivity index (χ2v) is 4.54. The zero-order valence-corrected chi connectivity index (χ0v) is 8.68. The van der Waals surface area contributed by atoms with E-state index in [1.807, 2.05) is 0 Å². The Morgan fingerprint density at radius 3 is 2.50 bits per heavy atom. The molecular weight excluding hydrogens is 160 g/mol. The minimum Gasteiger partial charge on any atom is -0.179 e. The summed E-state index contributed by atoms with van der Waals surface area (Å²) >= 11 is 6.21. The third kappa shape index (κ3) is 8.70. The zero-order chi connectivity index (χ0) is 7.82. The smallest absolute Gasteiger partial charge is 0.00598 e. The Morgan fingerprint density at radius 1 is 1.30 bits per heavy atom. The zero-order valence-electron chi connectivity index (χ0n) is 6.97. The minimum absolute atomic E-state index is 0.864. The van der Waals surface area contributed by atoms with Gasteiger partial charge in [-0.3, -0.25) is 0 Å². The number of hydrogen-bond acceptors (Lipinski definition) is 2. The second kappa shape index (κ2) is 7.80. The van der Waals surface area contributed by atoms with Crippen LogP contribution in [0.4, 0.5) is 0 Å². The Balaban J connectivity index is 2.77. The van der Waals surface area contributed by atoms with Crippen molar-refractivity contribution in [1.29, 1.82) is 0 Å². The molecular formula is C8H18S2. The van der Waals surface area contributed by atoms with Crippen molar-refractivity contribution in [3.63, 3.8) is 0 Å². The molecule has 62 valence electrons. The maximum Gasteiger partial charge on any atom is -0.00598 e. The van der Waals surface area contributed by atoms with Crippen LogP contribution in [0.25, 0.3) is 0 Å². The summed E-state index contributed by atoms with van der Waals surface area (Å²) in [5, 5.41) is 0. The number of rotatable bonds is 6. The molecule has 0 atom stereocenters. The van der Waals surface area contributed by atoms with Crippen LogP contribution in [0.5, 0.6) is 0 Å². The first-order valence-electron chi connectivity index (χ1n) is 3.96. The molecule has 0 rings (SSSR count). The molecule has 0 saturated heterocycles. The fraction of sp³-hybridized carbons (Fsp3) is 1.00. The van der Waals surface area contributed by atoms with Crippen LogP contribution in [0.15, 0.2) is 0 Å². The quantitative estimate of drug-likeness (QED) is 0.482. The van der Waals surface area contributed by atoms with Crippen LogP contribution in [-0.4, -0.2) is 17.3 Å². The summed E-state index contributed by atoms with van der Waals surface area (Å²) in [5.74, 6) is 4.51. The summed E-state index contributed by atoms with van der Waals surface area (Å²) in [6.07, 6.45) is 2.61. The van der Waals surface area contributed by atoms with Crippen LogP contribution in [0.3, 0.4) is 0 Å². The normalized spacial score (nSPS) is 10.8. The Morgan fingerprint density at radius 2 is 2.00 bits per heavy atom. The predicted molar refractivity (Wildman–Crippen MR) is 55.3 cm³/mol. The molecule has 0 aromatic rings. The summed E-state index contributed by atoms with van der Waals surface area (Å²) in [7, 11) is 0. The van der Waals surface area contributed by atoms with Gasteiger partial charge in [-0.05, 0) is 36.0 Å². The van der Waals surface area contributed by atoms with Crippen molar-refractivity contribution in [1.82, 2.24) is 0 Å². The number of thioether (sulfide) groups is 1. The third-order valence-electron chi connectivity index (χ3n) is 1.29. The van der Waals surface area contributed by atoms with E-state index in [9.17, 15) is 0 Å². The molecule has 0 aromatic heterocycles. The average molecular weight is 178 g/mol. The summed E-state index contributed by atoms with van der Waals surface area (Å²) in [6, 6.07) is 0. The lowest BCUT2D eigenvalue weighted by Crippen LogP contribution is -1.91. The molecule has 0 amide bonds. The van der Waals surface area contributed by atoms with Gasteiger partial charge >= 0.3 is 0 Å². The van der Waals surface area contributed by atoms with Crippen molar-refractivity contribution in [2.45, 2.75) is 26.7 Å². The fourth-order valence-electron chi connectivity index (χ4n) is 0.588. The lowest BCUT2D eigenvalue weighted by Gasteiger charge is -2.02. The molecule has 2 heteroatoms. The van der Waals surface area contributed by atoms with Crippen molar-refractivity contribution in [2.24, 2.45) is 5.92 Å². The van der Waals surface area contributed by atoms with Crippen LogP contribution in [0, 0.1) is 5.92 Å². The molecule has 0 heterocycles. The van der Waals surface area contributed by atoms with Crippen LogP contribution < -0.4 is 0 Å². The summed E-state index contributed by atoms with van der Waals surface area (Å²) in [6.45, 7) is 4.55. The van der Waals surface area contributed by atoms with E-state index in [1.54, 1.807) is 0 Å². The summed E-state index contributed by atoms with van der Waals surface area (Å²) < 4.78 is 0. The van der Waals surface area contributed by atoms with E-state index in [0.29, 0.717) is 0 Å². The van der Waals surface area contributed by atoms with Crippen molar-refractivity contribution in [3.8, 4) is 0 Å². The summed E-state index contributed by atoms with van der Waals surface area (Å²) in [5.41, 5.74) is 0. The van der Waals surface area contributed by atoms with Gasteiger partial charge in [0, 0.05) is 0 Å². The molecule has 0 aliphatic heterocycles. The van der Waals surface area contributed by atoms with Crippen LogP contribution in [-0.2, 0) is 0 Å². The van der Waals surface area contributed by atoms with Crippen molar-refractivity contribution in [3.05, 3.63) is 0 Å². The molecule has 0 N–H and O–H groups in total. The second-order valence-electron chi connectivity index (χ2n) is 2.87. The van der Waals surface area contributed by atoms with Gasteiger partial charge in [-0.15, -0.1) is 0 Å². The molecule has 0 aliphatic rings. The van der Waals surface area contributed by atoms with Gasteiger partial charge in [0.2, 0.25) is 0 Å². The molecule has 0 aliphatic carbocycles. The van der Waals surface area contributed by atoms with Gasteiger partial charge in [-0.2, -0.15) is 24.4 Å². The van der Waals surface area contributed by atoms with E-state index in [0.717, 1.165) is 11.7 Å². The third-order valence-corrected chi connectivity index (χ3v) is 2.70. The topological polar surface area (TPSA) is 0 Å². The molecule has 0 bridgehead atoms. The van der Waals surface area contributed by atoms with E-state index in [4.69, 9.17) is 0 Å². The van der Waals surface area contributed by atoms with Crippen molar-refractivity contribution >= 4 is 24.4 Å². The van der Waals surface area contributed by atoms with Crippen LogP contribution in [0.1, 0.15) is 26.7 Å². The van der Waals surface area contributed by atoms with Crippen LogP contribution in [0.2, 0.25) is 0 Å². The monoisotopic (exact) mass is 178 g/mol. The lowest BCUT2D eigenvalue weighted by atomic mass is 10.2. The predicted octanol–water partition coefficient (Wildman–Crippen LogP) is 3.09. The Bertz CT molecular complexity index is 62.3. The molecule has 0 saturated carbocycles. The molecule has 10 heavy (non-hydrogen) atoms. The molecule has 0 aromatic carbocycles. The highest BCUT2D eigenvalue weighted by atomic mass is 32.2. The van der Waals surface area contributed by atoms with E-state index >= 15 is 0 Å². The fourth-order valence-corrected chi connectivity index (χ4v) is 2.15. The minimum atomic E-state index is 0.864. The van der Waals surface area contributed by atoms with Gasteiger partial charge in [-0.25, -0.2) is 0 Å². The average Bonchev–Trinajstić information content (AvgIpc) is 1.87. The first-order chi connectivity index (χ1) is 4.77. The maximum atomic E-state index is 4.15. The van der Waals surface area contributed by atoms with Gasteiger partial charge in [0.15, 0.2) is 0 Å². The molecule has 0 unspecified atom stereocenters. The number of hydrogen-bond donors (Lipinski definition) is 1. The highest BCUT2D eigenvalue weighted by molar-refractivity contribution is 7.99. The van der Waals surface area contributed by atoms with Gasteiger partial charge < -0.3 is 0 Å². The first-order valence-corrected chi connectivity index (χ1v) is 5.74. The van der Waals surface area contributed by atoms with Crippen molar-refractivity contribution < 1.29 is 0 Å². The van der Waals surface area contributed by atoms with Crippen molar-refractivity contribution in [2.75, 3.05) is 17.3 Å². The van der Waals surface area contributed by atoms with Gasteiger partial charge in [0.1, 0.15) is 0 Å². The van der Waals surface area contributed by atoms with E-state index in [-0.39, 0.29) is 0 Å². The lowest BCUT2D eigenvalue weighted by molar-refractivity contribution is 0.632. The maximum absolute atomic E-state index is 4.15. The van der Waals surface area contributed by atoms with Crippen LogP contribution >= 0.6 is 24.4 Å². The van der Waals surface area contributed by atoms with E-state index in [2.05, 4.69) is 38.2 Å². The molecule has 0 spiro atoms. The molecule has 0 fully saturated rings. The Kier molecular flexibility index (Phi) is 8.35. The first kappa shape index (κ1) is 10.7. The highest BCUT2D eigenvalue weighted by Crippen LogP contribution is 2.09. The molecule has 0 radical (unpaired) electrons. The summed E-state index contributed by atoms with van der Waals surface area (Å²) in [4.78, 5) is 0. The van der Waals surface area contributed by atoms with E-state index < -0.39 is 0 Å². The van der Waals surface area contributed by atoms with E-state index in [1.165, 1.54) is 24.3 Å². The van der Waals surface area contributed by atoms with Gasteiger partial charge in [0.05, 0.1) is 0 Å². The Labute approximate surface area is 74.6 Å². The van der Waals surface area contributed by atoms with Gasteiger partial charge in [-0.1, -0.05) is 13.8 Å². The highest BCUT2D eigenvalue weighted by Gasteiger charge is 1.92. The Hall–Kier alpha value is 0.700. The number of thiol groups is 1. The largest absolute Gasteiger partial charge is 0.179 e. The molecule has 0 nitrogen and oxygen atoms in total. The van der Waals surface area contributed by atoms with Gasteiger partial charge in [0.25, 0.3) is 0 Å².